The Balaban J connectivity index is -0.000000218. The summed E-state index contributed by atoms with van der Waals surface area (Å²) in [5.41, 5.74) is 2.52. The highest BCUT2D eigenvalue weighted by molar-refractivity contribution is 5.20. The van der Waals surface area contributed by atoms with Crippen LogP contribution in [0.1, 0.15) is 48.5 Å². The Kier molecular flexibility index (Phi) is 24.3. The van der Waals surface area contributed by atoms with Crippen molar-refractivity contribution < 1.29 is 0 Å². The lowest BCUT2D eigenvalue weighted by Crippen LogP contribution is -2.03. The number of allylic oxidation sites excluding steroid dienone is 4. The summed E-state index contributed by atoms with van der Waals surface area (Å²) in [5, 5.41) is 3.08. The molecule has 80 valence electrons. The second kappa shape index (κ2) is 17.4. The Hall–Kier alpha value is -0.720. The lowest BCUT2D eigenvalue weighted by molar-refractivity contribution is 0.969. The van der Waals surface area contributed by atoms with Crippen LogP contribution in [0.2, 0.25) is 0 Å². The smallest absolute Gasteiger partial charge is 0.0102 e. The van der Waals surface area contributed by atoms with Gasteiger partial charge in [-0.15, -0.1) is 0 Å². The van der Waals surface area contributed by atoms with Crippen LogP contribution in [-0.4, -0.2) is 7.05 Å². The Morgan fingerprint density at radius 1 is 1.00 bits per heavy atom. The summed E-state index contributed by atoms with van der Waals surface area (Å²) in [4.78, 5) is 0. The molecule has 0 radical (unpaired) electrons. The average molecular weight is 185 g/mol. The van der Waals surface area contributed by atoms with Crippen LogP contribution in [0.4, 0.5) is 0 Å². The van der Waals surface area contributed by atoms with Crippen molar-refractivity contribution in [3.05, 3.63) is 23.4 Å². The zero-order valence-electron chi connectivity index (χ0n) is 10.7. The van der Waals surface area contributed by atoms with E-state index in [2.05, 4.69) is 25.2 Å². The molecule has 0 aliphatic heterocycles. The van der Waals surface area contributed by atoms with Crippen LogP contribution < -0.4 is 5.32 Å². The molecule has 0 aromatic rings. The van der Waals surface area contributed by atoms with E-state index in [1.54, 1.807) is 0 Å². The molecule has 1 N–H and O–H groups in total. The van der Waals surface area contributed by atoms with Crippen molar-refractivity contribution in [2.24, 2.45) is 0 Å². The molecule has 0 unspecified atom stereocenters. The largest absolute Gasteiger partial charge is 0.391 e. The second-order valence-corrected chi connectivity index (χ2v) is 2.06. The van der Waals surface area contributed by atoms with E-state index in [1.165, 1.54) is 11.3 Å². The van der Waals surface area contributed by atoms with Gasteiger partial charge in [0.1, 0.15) is 0 Å². The maximum Gasteiger partial charge on any atom is 0.0102 e. The molecule has 0 heterocycles. The van der Waals surface area contributed by atoms with Gasteiger partial charge in [-0.25, -0.2) is 0 Å². The molecule has 0 fully saturated rings. The molecule has 0 spiro atoms. The fraction of sp³-hybridized carbons (Fsp3) is 0.667. The summed E-state index contributed by atoms with van der Waals surface area (Å²) >= 11 is 0. The summed E-state index contributed by atoms with van der Waals surface area (Å²) in [6.07, 6.45) is 4.13. The molecule has 0 amide bonds. The van der Waals surface area contributed by atoms with Crippen LogP contribution in [0.25, 0.3) is 0 Å². The molecule has 0 saturated carbocycles. The molecule has 0 aliphatic carbocycles. The van der Waals surface area contributed by atoms with Crippen LogP contribution >= 0.6 is 0 Å². The number of hydrogen-bond acceptors (Lipinski definition) is 1. The van der Waals surface area contributed by atoms with Crippen molar-refractivity contribution in [3.63, 3.8) is 0 Å². The fourth-order valence-corrected chi connectivity index (χ4v) is 0.572. The number of nitrogens with one attached hydrogen (secondary N) is 1. The molecule has 0 aromatic carbocycles. The van der Waals surface area contributed by atoms with Crippen LogP contribution in [-0.2, 0) is 0 Å². The summed E-state index contributed by atoms with van der Waals surface area (Å²) in [7, 11) is 1.93. The van der Waals surface area contributed by atoms with Crippen molar-refractivity contribution in [2.75, 3.05) is 7.05 Å². The van der Waals surface area contributed by atoms with Gasteiger partial charge in [-0.2, -0.15) is 0 Å². The molecule has 1 nitrogen and oxygen atoms in total. The monoisotopic (exact) mass is 185 g/mol. The highest BCUT2D eigenvalue weighted by Gasteiger charge is 1.85. The number of hydrogen-bond donors (Lipinski definition) is 1. The number of rotatable bonds is 2. The van der Waals surface area contributed by atoms with E-state index in [0.717, 1.165) is 0 Å². The van der Waals surface area contributed by atoms with Crippen LogP contribution in [0.5, 0.6) is 0 Å². The molecular formula is C12H27N. The Morgan fingerprint density at radius 2 is 1.38 bits per heavy atom. The van der Waals surface area contributed by atoms with E-state index in [0.29, 0.717) is 0 Å². The maximum atomic E-state index is 3.08. The van der Waals surface area contributed by atoms with Gasteiger partial charge in [0.15, 0.2) is 0 Å². The lowest BCUT2D eigenvalue weighted by Gasteiger charge is -2.00. The van der Waals surface area contributed by atoms with Crippen molar-refractivity contribution in [1.29, 1.82) is 0 Å². The minimum absolute atomic E-state index is 1.23. The van der Waals surface area contributed by atoms with Gasteiger partial charge in [-0.1, -0.05) is 39.8 Å². The topological polar surface area (TPSA) is 12.0 Å². The molecule has 13 heavy (non-hydrogen) atoms. The molecule has 1 heteroatoms. The van der Waals surface area contributed by atoms with Gasteiger partial charge in [0.05, 0.1) is 0 Å². The van der Waals surface area contributed by atoms with Gasteiger partial charge in [-0.3, -0.25) is 0 Å². The minimum Gasteiger partial charge on any atom is -0.391 e. The van der Waals surface area contributed by atoms with Crippen LogP contribution in [0.15, 0.2) is 23.4 Å². The van der Waals surface area contributed by atoms with E-state index in [-0.39, 0.29) is 0 Å². The van der Waals surface area contributed by atoms with Gasteiger partial charge < -0.3 is 5.32 Å². The van der Waals surface area contributed by atoms with E-state index in [9.17, 15) is 0 Å². The third-order valence-electron chi connectivity index (χ3n) is 1.38. The van der Waals surface area contributed by atoms with E-state index in [1.807, 2.05) is 47.7 Å². The van der Waals surface area contributed by atoms with Gasteiger partial charge in [0, 0.05) is 12.7 Å². The first-order chi connectivity index (χ1) is 6.22. The van der Waals surface area contributed by atoms with Crippen molar-refractivity contribution in [2.45, 2.75) is 48.5 Å². The average Bonchev–Trinajstić information content (AvgIpc) is 2.23. The first-order valence-electron chi connectivity index (χ1n) is 5.20. The maximum absolute atomic E-state index is 3.08. The normalized spacial score (nSPS) is 10.5. The minimum atomic E-state index is 1.23. The Labute approximate surface area is 84.9 Å². The van der Waals surface area contributed by atoms with Crippen molar-refractivity contribution in [3.8, 4) is 0 Å². The van der Waals surface area contributed by atoms with E-state index in [4.69, 9.17) is 0 Å². The van der Waals surface area contributed by atoms with E-state index < -0.39 is 0 Å². The molecule has 0 bridgehead atoms. The first-order valence-corrected chi connectivity index (χ1v) is 5.20. The lowest BCUT2D eigenvalue weighted by atomic mass is 10.2. The molecule has 0 rings (SSSR count). The molecule has 0 atom stereocenters. The highest BCUT2D eigenvalue weighted by atomic mass is 14.8. The van der Waals surface area contributed by atoms with Gasteiger partial charge in [-0.05, 0) is 26.3 Å². The highest BCUT2D eigenvalue weighted by Crippen LogP contribution is 1.99. The summed E-state index contributed by atoms with van der Waals surface area (Å²) < 4.78 is 0. The van der Waals surface area contributed by atoms with Gasteiger partial charge >= 0.3 is 0 Å². The standard InChI is InChI=1S/C8H15N.2C2H6/c1-5-6-7(2)8(3)9-4;2*1-2/h5-6,9H,1-4H3;2*1-2H3/b6-5-,8-7-;;. The van der Waals surface area contributed by atoms with Gasteiger partial charge in [0.2, 0.25) is 0 Å². The molecular weight excluding hydrogens is 158 g/mol. The zero-order chi connectivity index (χ0) is 11.3. The Morgan fingerprint density at radius 3 is 1.62 bits per heavy atom. The van der Waals surface area contributed by atoms with Crippen molar-refractivity contribution in [1.82, 2.24) is 5.32 Å². The third kappa shape index (κ3) is 14.2. The van der Waals surface area contributed by atoms with Crippen molar-refractivity contribution >= 4 is 0 Å². The third-order valence-corrected chi connectivity index (χ3v) is 1.38. The molecule has 0 aliphatic rings. The second-order valence-electron chi connectivity index (χ2n) is 2.06. The van der Waals surface area contributed by atoms with Gasteiger partial charge in [0.25, 0.3) is 0 Å². The molecule has 0 saturated heterocycles. The van der Waals surface area contributed by atoms with E-state index >= 15 is 0 Å². The zero-order valence-corrected chi connectivity index (χ0v) is 10.7. The summed E-state index contributed by atoms with van der Waals surface area (Å²) in [6, 6.07) is 0. The van der Waals surface area contributed by atoms with Crippen LogP contribution in [0, 0.1) is 0 Å². The SMILES string of the molecule is C/C=C\C(C)=C(\C)NC.CC.CC. The quantitative estimate of drug-likeness (QED) is 0.638. The van der Waals surface area contributed by atoms with Crippen LogP contribution in [0.3, 0.4) is 0 Å². The first kappa shape index (κ1) is 18.1. The predicted molar refractivity (Wildman–Crippen MR) is 64.9 cm³/mol. The Bertz CT molecular complexity index is 132. The fourth-order valence-electron chi connectivity index (χ4n) is 0.572. The summed E-state index contributed by atoms with van der Waals surface area (Å²) in [5.74, 6) is 0. The molecule has 0 aromatic heterocycles. The predicted octanol–water partition coefficient (Wildman–Crippen LogP) is 4.13. The summed E-state index contributed by atoms with van der Waals surface area (Å²) in [6.45, 7) is 14.2.